The number of aliphatic hydroxyl groups excluding tert-OH is 1. The van der Waals surface area contributed by atoms with Gasteiger partial charge in [-0.1, -0.05) is 51.9 Å². The highest BCUT2D eigenvalue weighted by Gasteiger charge is 2.30. The molecule has 0 aromatic heterocycles. The molecular formula is C16H30OS. The Hall–Kier alpha value is 0.310. The zero-order valence-corrected chi connectivity index (χ0v) is 12.8. The van der Waals surface area contributed by atoms with Crippen LogP contribution in [0, 0.1) is 11.8 Å². The first-order valence-electron chi connectivity index (χ1n) is 8.11. The van der Waals surface area contributed by atoms with Gasteiger partial charge in [-0.25, -0.2) is 0 Å². The van der Waals surface area contributed by atoms with Crippen molar-refractivity contribution in [2.45, 2.75) is 82.5 Å². The number of hydrogen-bond donors (Lipinski definition) is 1. The summed E-state index contributed by atoms with van der Waals surface area (Å²) in [6.07, 6.45) is 13.6. The molecule has 0 saturated heterocycles. The molecule has 106 valence electrons. The lowest BCUT2D eigenvalue weighted by Gasteiger charge is -2.35. The van der Waals surface area contributed by atoms with Gasteiger partial charge < -0.3 is 5.11 Å². The topological polar surface area (TPSA) is 20.2 Å². The average Bonchev–Trinajstić information content (AvgIpc) is 2.45. The molecule has 1 nitrogen and oxygen atoms in total. The van der Waals surface area contributed by atoms with Gasteiger partial charge in [0.25, 0.3) is 0 Å². The van der Waals surface area contributed by atoms with Crippen LogP contribution in [0.2, 0.25) is 0 Å². The average molecular weight is 270 g/mol. The molecule has 2 heteroatoms. The summed E-state index contributed by atoms with van der Waals surface area (Å²) in [5.74, 6) is 2.38. The molecule has 3 unspecified atom stereocenters. The highest BCUT2D eigenvalue weighted by Crippen LogP contribution is 2.37. The first kappa shape index (κ1) is 14.7. The quantitative estimate of drug-likeness (QED) is 0.786. The molecule has 0 bridgehead atoms. The Bertz CT molecular complexity index is 225. The fourth-order valence-corrected chi connectivity index (χ4v) is 5.22. The number of rotatable bonds is 5. The molecular weight excluding hydrogens is 240 g/mol. The van der Waals surface area contributed by atoms with Crippen LogP contribution in [-0.2, 0) is 0 Å². The van der Waals surface area contributed by atoms with Crippen LogP contribution in [0.5, 0.6) is 0 Å². The minimum Gasteiger partial charge on any atom is -0.392 e. The van der Waals surface area contributed by atoms with Gasteiger partial charge in [-0.05, 0) is 31.1 Å². The van der Waals surface area contributed by atoms with Crippen molar-refractivity contribution in [3.8, 4) is 0 Å². The summed E-state index contributed by atoms with van der Waals surface area (Å²) in [6, 6.07) is 0. The van der Waals surface area contributed by atoms with Gasteiger partial charge in [-0.3, -0.25) is 0 Å². The Morgan fingerprint density at radius 1 is 1.00 bits per heavy atom. The second-order valence-electron chi connectivity index (χ2n) is 6.28. The monoisotopic (exact) mass is 270 g/mol. The van der Waals surface area contributed by atoms with E-state index in [-0.39, 0.29) is 6.10 Å². The molecule has 0 aliphatic heterocycles. The molecule has 1 N–H and O–H groups in total. The Morgan fingerprint density at radius 3 is 2.39 bits per heavy atom. The second kappa shape index (κ2) is 7.79. The van der Waals surface area contributed by atoms with E-state index < -0.39 is 0 Å². The van der Waals surface area contributed by atoms with E-state index in [1.54, 1.807) is 0 Å². The van der Waals surface area contributed by atoms with E-state index in [0.29, 0.717) is 5.92 Å². The van der Waals surface area contributed by atoms with Gasteiger partial charge in [0.15, 0.2) is 0 Å². The highest BCUT2D eigenvalue weighted by molar-refractivity contribution is 7.99. The molecule has 2 fully saturated rings. The molecule has 0 aromatic carbocycles. The van der Waals surface area contributed by atoms with Crippen molar-refractivity contribution < 1.29 is 5.11 Å². The lowest BCUT2D eigenvalue weighted by atomic mass is 9.75. The molecule has 2 aliphatic rings. The lowest BCUT2D eigenvalue weighted by Crippen LogP contribution is -2.32. The van der Waals surface area contributed by atoms with Gasteiger partial charge >= 0.3 is 0 Å². The molecule has 2 rings (SSSR count). The highest BCUT2D eigenvalue weighted by atomic mass is 32.2. The van der Waals surface area contributed by atoms with E-state index in [0.717, 1.165) is 16.9 Å². The van der Waals surface area contributed by atoms with E-state index in [1.807, 2.05) is 0 Å². The van der Waals surface area contributed by atoms with E-state index in [9.17, 15) is 5.11 Å². The standard InChI is InChI=1S/C16H30OS/c1-2-13-8-6-7-11-15(13)16(17)12-18-14-9-4-3-5-10-14/h13-17H,2-12H2,1H3. The summed E-state index contributed by atoms with van der Waals surface area (Å²) in [6.45, 7) is 2.30. The maximum atomic E-state index is 10.5. The van der Waals surface area contributed by atoms with Gasteiger partial charge in [0.05, 0.1) is 6.10 Å². The molecule has 3 atom stereocenters. The van der Waals surface area contributed by atoms with E-state index in [1.165, 1.54) is 64.2 Å². The van der Waals surface area contributed by atoms with Crippen LogP contribution in [0.3, 0.4) is 0 Å². The Kier molecular flexibility index (Phi) is 6.37. The van der Waals surface area contributed by atoms with Gasteiger partial charge in [-0.15, -0.1) is 0 Å². The second-order valence-corrected chi connectivity index (χ2v) is 7.61. The Labute approximate surface area is 117 Å². The number of hydrogen-bond acceptors (Lipinski definition) is 2. The zero-order chi connectivity index (χ0) is 12.8. The third kappa shape index (κ3) is 4.16. The fourth-order valence-electron chi connectivity index (χ4n) is 3.84. The van der Waals surface area contributed by atoms with Crippen molar-refractivity contribution in [1.29, 1.82) is 0 Å². The van der Waals surface area contributed by atoms with E-state index in [2.05, 4.69) is 18.7 Å². The molecule has 18 heavy (non-hydrogen) atoms. The van der Waals surface area contributed by atoms with E-state index in [4.69, 9.17) is 0 Å². The molecule has 0 spiro atoms. The number of thioether (sulfide) groups is 1. The fraction of sp³-hybridized carbons (Fsp3) is 1.00. The van der Waals surface area contributed by atoms with Crippen molar-refractivity contribution in [3.05, 3.63) is 0 Å². The first-order valence-corrected chi connectivity index (χ1v) is 9.15. The summed E-state index contributed by atoms with van der Waals surface area (Å²) in [5.41, 5.74) is 0. The van der Waals surface area contributed by atoms with Gasteiger partial charge in [0.2, 0.25) is 0 Å². The predicted octanol–water partition coefficient (Wildman–Crippen LogP) is 4.63. The van der Waals surface area contributed by atoms with Crippen LogP contribution in [0.25, 0.3) is 0 Å². The summed E-state index contributed by atoms with van der Waals surface area (Å²) in [5, 5.41) is 11.3. The summed E-state index contributed by atoms with van der Waals surface area (Å²) in [4.78, 5) is 0. The maximum Gasteiger partial charge on any atom is 0.0661 e. The van der Waals surface area contributed by atoms with Gasteiger partial charge in [0.1, 0.15) is 0 Å². The van der Waals surface area contributed by atoms with Crippen molar-refractivity contribution in [3.63, 3.8) is 0 Å². The van der Waals surface area contributed by atoms with E-state index >= 15 is 0 Å². The van der Waals surface area contributed by atoms with Gasteiger partial charge in [-0.2, -0.15) is 11.8 Å². The minimum atomic E-state index is -0.0397. The lowest BCUT2D eigenvalue weighted by molar-refractivity contribution is 0.0628. The van der Waals surface area contributed by atoms with Crippen molar-refractivity contribution in [2.24, 2.45) is 11.8 Å². The zero-order valence-electron chi connectivity index (χ0n) is 11.9. The Balaban J connectivity index is 1.73. The molecule has 0 aromatic rings. The molecule has 2 aliphatic carbocycles. The largest absolute Gasteiger partial charge is 0.392 e. The summed E-state index contributed by atoms with van der Waals surface area (Å²) < 4.78 is 0. The molecule has 2 saturated carbocycles. The maximum absolute atomic E-state index is 10.5. The van der Waals surface area contributed by atoms with Crippen LogP contribution in [-0.4, -0.2) is 22.2 Å². The SMILES string of the molecule is CCC1CCCCC1C(O)CSC1CCCCC1. The number of aliphatic hydroxyl groups is 1. The van der Waals surface area contributed by atoms with Crippen molar-refractivity contribution in [1.82, 2.24) is 0 Å². The first-order chi connectivity index (χ1) is 8.81. The molecule has 0 amide bonds. The normalized spacial score (nSPS) is 32.3. The summed E-state index contributed by atoms with van der Waals surface area (Å²) >= 11 is 2.06. The Morgan fingerprint density at radius 2 is 1.67 bits per heavy atom. The van der Waals surface area contributed by atoms with Crippen LogP contribution in [0.4, 0.5) is 0 Å². The molecule has 0 radical (unpaired) electrons. The third-order valence-electron chi connectivity index (χ3n) is 5.04. The van der Waals surface area contributed by atoms with Crippen LogP contribution in [0.1, 0.15) is 71.1 Å². The van der Waals surface area contributed by atoms with Crippen molar-refractivity contribution >= 4 is 11.8 Å². The van der Waals surface area contributed by atoms with Crippen LogP contribution in [0.15, 0.2) is 0 Å². The van der Waals surface area contributed by atoms with Crippen LogP contribution >= 0.6 is 11.8 Å². The van der Waals surface area contributed by atoms with Gasteiger partial charge in [0, 0.05) is 11.0 Å². The third-order valence-corrected chi connectivity index (χ3v) is 6.52. The van der Waals surface area contributed by atoms with Crippen LogP contribution < -0.4 is 0 Å². The molecule has 0 heterocycles. The summed E-state index contributed by atoms with van der Waals surface area (Å²) in [7, 11) is 0. The van der Waals surface area contributed by atoms with Crippen molar-refractivity contribution in [2.75, 3.05) is 5.75 Å². The minimum absolute atomic E-state index is 0.0397. The predicted molar refractivity (Wildman–Crippen MR) is 81.1 cm³/mol. The smallest absolute Gasteiger partial charge is 0.0661 e.